The Hall–Kier alpha value is -2.31. The highest BCUT2D eigenvalue weighted by Crippen LogP contribution is 2.03. The van der Waals surface area contributed by atoms with E-state index in [-0.39, 0.29) is 11.1 Å². The molecule has 0 aliphatic heterocycles. The standard InChI is InChI=1S/C9H12N2O5/c1-5(7(12)13)3-11(9(10)16)4-6(2)8(14)15/h3-4H,1-2H3,(H2,10,16)(H,12,13)(H,14,15). The van der Waals surface area contributed by atoms with Crippen molar-refractivity contribution in [2.45, 2.75) is 13.8 Å². The summed E-state index contributed by atoms with van der Waals surface area (Å²) in [4.78, 5) is 32.6. The lowest BCUT2D eigenvalue weighted by Crippen LogP contribution is -2.28. The Bertz CT molecular complexity index is 353. The molecule has 0 aliphatic rings. The number of nitrogens with zero attached hydrogens (tertiary/aromatic N) is 1. The number of carbonyl (C=O) groups is 3. The lowest BCUT2D eigenvalue weighted by Gasteiger charge is -2.11. The molecule has 88 valence electrons. The van der Waals surface area contributed by atoms with Crippen LogP contribution in [0.25, 0.3) is 0 Å². The summed E-state index contributed by atoms with van der Waals surface area (Å²) in [6.07, 6.45) is 1.88. The van der Waals surface area contributed by atoms with Crippen LogP contribution in [0.1, 0.15) is 13.8 Å². The van der Waals surface area contributed by atoms with Gasteiger partial charge in [0.05, 0.1) is 11.1 Å². The number of hydrogen-bond acceptors (Lipinski definition) is 3. The van der Waals surface area contributed by atoms with Crippen LogP contribution in [0.5, 0.6) is 0 Å². The van der Waals surface area contributed by atoms with E-state index in [1.54, 1.807) is 0 Å². The number of aliphatic carboxylic acids is 2. The Morgan fingerprint density at radius 2 is 1.31 bits per heavy atom. The smallest absolute Gasteiger partial charge is 0.332 e. The summed E-state index contributed by atoms with van der Waals surface area (Å²) >= 11 is 0. The molecule has 0 saturated carbocycles. The van der Waals surface area contributed by atoms with Crippen molar-refractivity contribution in [3.63, 3.8) is 0 Å². The van der Waals surface area contributed by atoms with E-state index >= 15 is 0 Å². The Kier molecular flexibility index (Phi) is 4.74. The van der Waals surface area contributed by atoms with Crippen LogP contribution in [0.3, 0.4) is 0 Å². The van der Waals surface area contributed by atoms with Crippen molar-refractivity contribution in [2.75, 3.05) is 0 Å². The zero-order valence-corrected chi connectivity index (χ0v) is 8.80. The van der Waals surface area contributed by atoms with Crippen LogP contribution < -0.4 is 5.73 Å². The van der Waals surface area contributed by atoms with E-state index in [1.165, 1.54) is 13.8 Å². The number of carbonyl (C=O) groups excluding carboxylic acids is 1. The van der Waals surface area contributed by atoms with E-state index in [2.05, 4.69) is 0 Å². The molecular weight excluding hydrogens is 216 g/mol. The molecule has 0 aliphatic carbocycles. The first-order valence-corrected chi connectivity index (χ1v) is 4.17. The van der Waals surface area contributed by atoms with Gasteiger partial charge in [-0.2, -0.15) is 0 Å². The molecule has 0 aromatic heterocycles. The summed E-state index contributed by atoms with van der Waals surface area (Å²) < 4.78 is 0. The lowest BCUT2D eigenvalue weighted by molar-refractivity contribution is -0.133. The van der Waals surface area contributed by atoms with Gasteiger partial charge < -0.3 is 15.9 Å². The van der Waals surface area contributed by atoms with Gasteiger partial charge in [-0.05, 0) is 13.8 Å². The van der Waals surface area contributed by atoms with Crippen molar-refractivity contribution in [3.8, 4) is 0 Å². The number of rotatable bonds is 4. The van der Waals surface area contributed by atoms with Crippen molar-refractivity contribution >= 4 is 18.0 Å². The quantitative estimate of drug-likeness (QED) is 0.599. The average Bonchev–Trinajstić information content (AvgIpc) is 2.15. The monoisotopic (exact) mass is 228 g/mol. The molecule has 7 heteroatoms. The van der Waals surface area contributed by atoms with E-state index in [1.807, 2.05) is 0 Å². The van der Waals surface area contributed by atoms with E-state index in [9.17, 15) is 14.4 Å². The van der Waals surface area contributed by atoms with Crippen LogP contribution in [-0.4, -0.2) is 33.1 Å². The second kappa shape index (κ2) is 5.54. The molecule has 2 amide bonds. The zero-order chi connectivity index (χ0) is 12.9. The van der Waals surface area contributed by atoms with E-state index in [0.717, 1.165) is 12.4 Å². The van der Waals surface area contributed by atoms with Gasteiger partial charge in [0.1, 0.15) is 0 Å². The molecule has 0 radical (unpaired) electrons. The number of urea groups is 1. The topological polar surface area (TPSA) is 121 Å². The molecule has 0 bridgehead atoms. The molecule has 0 saturated heterocycles. The highest BCUT2D eigenvalue weighted by Gasteiger charge is 2.10. The van der Waals surface area contributed by atoms with Crippen LogP contribution >= 0.6 is 0 Å². The van der Waals surface area contributed by atoms with Gasteiger partial charge in [-0.3, -0.25) is 4.90 Å². The number of hydrogen-bond donors (Lipinski definition) is 3. The van der Waals surface area contributed by atoms with Gasteiger partial charge in [0.2, 0.25) is 0 Å². The molecule has 7 nitrogen and oxygen atoms in total. The molecule has 0 rings (SSSR count). The summed E-state index contributed by atoms with van der Waals surface area (Å²) in [6.45, 7) is 2.50. The first-order valence-electron chi connectivity index (χ1n) is 4.17. The SMILES string of the molecule is CC(=CN(C=C(C)C(=O)O)C(N)=O)C(=O)O. The molecule has 0 fully saturated rings. The van der Waals surface area contributed by atoms with Crippen molar-refractivity contribution in [1.82, 2.24) is 4.90 Å². The number of carboxylic acids is 2. The maximum Gasteiger partial charge on any atom is 0.332 e. The summed E-state index contributed by atoms with van der Waals surface area (Å²) in [5, 5.41) is 17.1. The van der Waals surface area contributed by atoms with Crippen molar-refractivity contribution in [3.05, 3.63) is 23.5 Å². The van der Waals surface area contributed by atoms with Gasteiger partial charge in [0.15, 0.2) is 0 Å². The number of primary amides is 1. The number of carboxylic acid groups (broad SMARTS) is 2. The molecule has 0 aromatic carbocycles. The van der Waals surface area contributed by atoms with Crippen molar-refractivity contribution < 1.29 is 24.6 Å². The zero-order valence-electron chi connectivity index (χ0n) is 8.80. The number of amides is 2. The third-order valence-electron chi connectivity index (χ3n) is 1.59. The predicted octanol–water partition coefficient (Wildman–Crippen LogP) is 0.344. The largest absolute Gasteiger partial charge is 0.478 e. The van der Waals surface area contributed by atoms with Crippen LogP contribution in [0.4, 0.5) is 4.79 Å². The Balaban J connectivity index is 5.13. The van der Waals surface area contributed by atoms with Crippen molar-refractivity contribution in [2.24, 2.45) is 5.73 Å². The maximum absolute atomic E-state index is 10.9. The van der Waals surface area contributed by atoms with Crippen LogP contribution in [0, 0.1) is 0 Å². The highest BCUT2D eigenvalue weighted by molar-refractivity contribution is 5.88. The second-order valence-corrected chi connectivity index (χ2v) is 2.98. The molecule has 0 heterocycles. The molecule has 0 spiro atoms. The molecule has 0 atom stereocenters. The summed E-state index contributed by atoms with van der Waals surface area (Å²) in [6, 6.07) is -0.971. The van der Waals surface area contributed by atoms with E-state index in [4.69, 9.17) is 15.9 Å². The molecule has 4 N–H and O–H groups in total. The van der Waals surface area contributed by atoms with E-state index < -0.39 is 18.0 Å². The minimum Gasteiger partial charge on any atom is -0.478 e. The van der Waals surface area contributed by atoms with Crippen LogP contribution in [0.15, 0.2) is 23.5 Å². The third kappa shape index (κ3) is 4.27. The van der Waals surface area contributed by atoms with Crippen molar-refractivity contribution in [1.29, 1.82) is 0 Å². The molecular formula is C9H12N2O5. The fourth-order valence-corrected chi connectivity index (χ4v) is 0.692. The average molecular weight is 228 g/mol. The molecule has 0 unspecified atom stereocenters. The minimum absolute atomic E-state index is 0.145. The highest BCUT2D eigenvalue weighted by atomic mass is 16.4. The van der Waals surface area contributed by atoms with Crippen LogP contribution in [-0.2, 0) is 9.59 Å². The Labute approximate surface area is 91.5 Å². The van der Waals surface area contributed by atoms with Gasteiger partial charge in [-0.1, -0.05) is 0 Å². The van der Waals surface area contributed by atoms with Crippen LogP contribution in [0.2, 0.25) is 0 Å². The van der Waals surface area contributed by atoms with Gasteiger partial charge in [-0.15, -0.1) is 0 Å². The summed E-state index contributed by atoms with van der Waals surface area (Å²) in [7, 11) is 0. The fraction of sp³-hybridized carbons (Fsp3) is 0.222. The first kappa shape index (κ1) is 13.7. The van der Waals surface area contributed by atoms with Gasteiger partial charge in [0, 0.05) is 12.4 Å². The summed E-state index contributed by atoms with van der Waals surface area (Å²) in [5.41, 5.74) is 4.66. The Morgan fingerprint density at radius 1 is 1.00 bits per heavy atom. The number of nitrogens with two attached hydrogens (primary N) is 1. The summed E-state index contributed by atoms with van der Waals surface area (Å²) in [5.74, 6) is -2.46. The minimum atomic E-state index is -1.23. The Morgan fingerprint density at radius 3 is 1.50 bits per heavy atom. The van der Waals surface area contributed by atoms with Gasteiger partial charge >= 0.3 is 18.0 Å². The molecule has 0 aromatic rings. The normalized spacial score (nSPS) is 12.1. The maximum atomic E-state index is 10.9. The van der Waals surface area contributed by atoms with Gasteiger partial charge in [0.25, 0.3) is 0 Å². The first-order chi connectivity index (χ1) is 7.25. The predicted molar refractivity (Wildman–Crippen MR) is 54.2 cm³/mol. The lowest BCUT2D eigenvalue weighted by atomic mass is 10.3. The third-order valence-corrected chi connectivity index (χ3v) is 1.59. The van der Waals surface area contributed by atoms with Gasteiger partial charge in [-0.25, -0.2) is 14.4 Å². The second-order valence-electron chi connectivity index (χ2n) is 2.98. The molecule has 16 heavy (non-hydrogen) atoms. The van der Waals surface area contributed by atoms with E-state index in [0.29, 0.717) is 4.90 Å². The fourth-order valence-electron chi connectivity index (χ4n) is 0.692.